The van der Waals surface area contributed by atoms with Gasteiger partial charge in [-0.15, -0.1) is 0 Å². The molecule has 0 aliphatic heterocycles. The van der Waals surface area contributed by atoms with Crippen LogP contribution in [0.1, 0.15) is 38.7 Å². The van der Waals surface area contributed by atoms with E-state index in [-0.39, 0.29) is 0 Å². The summed E-state index contributed by atoms with van der Waals surface area (Å²) in [5, 5.41) is 7.64. The minimum atomic E-state index is 0.429. The van der Waals surface area contributed by atoms with Gasteiger partial charge in [-0.3, -0.25) is 10.9 Å². The number of aryl methyl sites for hydroxylation is 1. The van der Waals surface area contributed by atoms with Crippen molar-refractivity contribution in [2.24, 2.45) is 11.8 Å². The van der Waals surface area contributed by atoms with Crippen molar-refractivity contribution >= 4 is 40.3 Å². The van der Waals surface area contributed by atoms with Crippen LogP contribution in [0.25, 0.3) is 0 Å². The van der Waals surface area contributed by atoms with Crippen molar-refractivity contribution in [1.82, 2.24) is 16.2 Å². The van der Waals surface area contributed by atoms with E-state index >= 15 is 0 Å². The lowest BCUT2D eigenvalue weighted by Gasteiger charge is -2.35. The third-order valence-electron chi connectivity index (χ3n) is 4.71. The molecule has 4 N–H and O–H groups in total. The standard InChI is InChI=1S/C17H26N4S2/c1-11-8-6-10-15(13(11)3)19-17(23)21-20-16(22)18-14-9-5-4-7-12(14)2/h4-5,7,9,11,13,15H,6,8,10H2,1-3H3,(H2,18,20,22)(H2,19,21,23)/t11-,13-,15+/m0/s1. The van der Waals surface area contributed by atoms with Crippen LogP contribution in [-0.4, -0.2) is 16.3 Å². The Balaban J connectivity index is 1.76. The second-order valence-electron chi connectivity index (χ2n) is 6.37. The van der Waals surface area contributed by atoms with Crippen LogP contribution in [0.4, 0.5) is 5.69 Å². The molecule has 0 spiro atoms. The zero-order valence-corrected chi connectivity index (χ0v) is 15.6. The van der Waals surface area contributed by atoms with Gasteiger partial charge in [0.25, 0.3) is 0 Å². The predicted molar refractivity (Wildman–Crippen MR) is 105 cm³/mol. The molecule has 2 rings (SSSR count). The van der Waals surface area contributed by atoms with Gasteiger partial charge in [0.2, 0.25) is 0 Å². The number of anilines is 1. The molecule has 4 nitrogen and oxygen atoms in total. The average Bonchev–Trinajstić information content (AvgIpc) is 2.52. The van der Waals surface area contributed by atoms with Gasteiger partial charge in [0.1, 0.15) is 0 Å². The summed E-state index contributed by atoms with van der Waals surface area (Å²) in [5.74, 6) is 1.36. The summed E-state index contributed by atoms with van der Waals surface area (Å²) in [4.78, 5) is 0. The van der Waals surface area contributed by atoms with Crippen LogP contribution < -0.4 is 21.5 Å². The average molecular weight is 351 g/mol. The van der Waals surface area contributed by atoms with Crippen molar-refractivity contribution in [3.05, 3.63) is 29.8 Å². The molecular formula is C17H26N4S2. The van der Waals surface area contributed by atoms with E-state index in [4.69, 9.17) is 24.4 Å². The first-order valence-corrected chi connectivity index (χ1v) is 8.98. The fourth-order valence-corrected chi connectivity index (χ4v) is 3.33. The Morgan fingerprint density at radius 1 is 1.04 bits per heavy atom. The van der Waals surface area contributed by atoms with Crippen molar-refractivity contribution in [2.75, 3.05) is 5.32 Å². The maximum Gasteiger partial charge on any atom is 0.189 e. The Bertz CT molecular complexity index is 561. The first-order chi connectivity index (χ1) is 11.0. The van der Waals surface area contributed by atoms with Crippen LogP contribution in [0.3, 0.4) is 0 Å². The van der Waals surface area contributed by atoms with Gasteiger partial charge >= 0.3 is 0 Å². The summed E-state index contributed by atoms with van der Waals surface area (Å²) in [6.45, 7) is 6.65. The lowest BCUT2D eigenvalue weighted by Crippen LogP contribution is -2.53. The van der Waals surface area contributed by atoms with E-state index in [1.54, 1.807) is 0 Å². The molecule has 1 aliphatic rings. The van der Waals surface area contributed by atoms with Crippen molar-refractivity contribution in [2.45, 2.75) is 46.1 Å². The molecule has 126 valence electrons. The molecule has 0 bridgehead atoms. The van der Waals surface area contributed by atoms with E-state index < -0.39 is 0 Å². The zero-order chi connectivity index (χ0) is 16.8. The molecule has 0 radical (unpaired) electrons. The summed E-state index contributed by atoms with van der Waals surface area (Å²) in [7, 11) is 0. The van der Waals surface area contributed by atoms with Crippen LogP contribution in [0.15, 0.2) is 24.3 Å². The van der Waals surface area contributed by atoms with Gasteiger partial charge in [-0.25, -0.2) is 0 Å². The Morgan fingerprint density at radius 3 is 2.48 bits per heavy atom. The molecule has 1 aromatic carbocycles. The molecule has 6 heteroatoms. The van der Waals surface area contributed by atoms with Gasteiger partial charge in [0.15, 0.2) is 10.2 Å². The molecule has 1 saturated carbocycles. The molecule has 3 atom stereocenters. The molecule has 1 aliphatic carbocycles. The van der Waals surface area contributed by atoms with Crippen LogP contribution in [0.2, 0.25) is 0 Å². The fraction of sp³-hybridized carbons (Fsp3) is 0.529. The van der Waals surface area contributed by atoms with Crippen LogP contribution in [0.5, 0.6) is 0 Å². The maximum absolute atomic E-state index is 5.36. The van der Waals surface area contributed by atoms with E-state index in [0.717, 1.165) is 17.2 Å². The Kier molecular flexibility index (Phi) is 6.59. The van der Waals surface area contributed by atoms with Crippen molar-refractivity contribution in [1.29, 1.82) is 0 Å². The maximum atomic E-state index is 5.36. The summed E-state index contributed by atoms with van der Waals surface area (Å²) >= 11 is 10.7. The summed E-state index contributed by atoms with van der Waals surface area (Å²) < 4.78 is 0. The van der Waals surface area contributed by atoms with Crippen LogP contribution >= 0.6 is 24.4 Å². The second-order valence-corrected chi connectivity index (χ2v) is 7.18. The topological polar surface area (TPSA) is 48.1 Å². The Labute approximate surface area is 149 Å². The van der Waals surface area contributed by atoms with Gasteiger partial charge < -0.3 is 10.6 Å². The number of nitrogens with one attached hydrogen (secondary N) is 4. The highest BCUT2D eigenvalue weighted by atomic mass is 32.1. The number of rotatable bonds is 2. The van der Waals surface area contributed by atoms with E-state index in [2.05, 4.69) is 35.3 Å². The molecule has 0 saturated heterocycles. The number of hydrazine groups is 1. The SMILES string of the molecule is Cc1ccccc1NC(=S)NNC(=S)N[C@@H]1CCC[C@H](C)[C@@H]1C. The molecule has 1 aromatic rings. The van der Waals surface area contributed by atoms with Crippen LogP contribution in [-0.2, 0) is 0 Å². The second kappa shape index (κ2) is 8.45. The monoisotopic (exact) mass is 350 g/mol. The first kappa shape index (κ1) is 17.9. The summed E-state index contributed by atoms with van der Waals surface area (Å²) in [6.07, 6.45) is 3.73. The molecule has 0 heterocycles. The fourth-order valence-electron chi connectivity index (χ4n) is 2.97. The van der Waals surface area contributed by atoms with Gasteiger partial charge in [-0.05, 0) is 61.2 Å². The van der Waals surface area contributed by atoms with Gasteiger partial charge in [-0.1, -0.05) is 44.9 Å². The van der Waals surface area contributed by atoms with Gasteiger partial charge in [0.05, 0.1) is 0 Å². The van der Waals surface area contributed by atoms with E-state index in [1.807, 2.05) is 31.2 Å². The number of hydrogen-bond donors (Lipinski definition) is 4. The molecule has 0 aromatic heterocycles. The Morgan fingerprint density at radius 2 is 1.74 bits per heavy atom. The lowest BCUT2D eigenvalue weighted by atomic mass is 9.78. The van der Waals surface area contributed by atoms with Crippen LogP contribution in [0, 0.1) is 18.8 Å². The highest BCUT2D eigenvalue weighted by Crippen LogP contribution is 2.29. The predicted octanol–water partition coefficient (Wildman–Crippen LogP) is 3.49. The molecule has 0 unspecified atom stereocenters. The molecular weight excluding hydrogens is 324 g/mol. The number of benzene rings is 1. The molecule has 0 amide bonds. The summed E-state index contributed by atoms with van der Waals surface area (Å²) in [5.41, 5.74) is 8.04. The number of para-hydroxylation sites is 1. The quantitative estimate of drug-likeness (QED) is 0.484. The Hall–Kier alpha value is -1.40. The van der Waals surface area contributed by atoms with E-state index in [1.165, 1.54) is 19.3 Å². The minimum absolute atomic E-state index is 0.429. The van der Waals surface area contributed by atoms with E-state index in [9.17, 15) is 0 Å². The lowest BCUT2D eigenvalue weighted by molar-refractivity contribution is 0.224. The third kappa shape index (κ3) is 5.32. The van der Waals surface area contributed by atoms with Crippen molar-refractivity contribution < 1.29 is 0 Å². The van der Waals surface area contributed by atoms with Crippen molar-refractivity contribution in [3.63, 3.8) is 0 Å². The zero-order valence-electron chi connectivity index (χ0n) is 14.0. The minimum Gasteiger partial charge on any atom is -0.358 e. The van der Waals surface area contributed by atoms with E-state index in [0.29, 0.717) is 22.2 Å². The highest BCUT2D eigenvalue weighted by molar-refractivity contribution is 7.80. The smallest absolute Gasteiger partial charge is 0.189 e. The number of thiocarbonyl (C=S) groups is 2. The molecule has 1 fully saturated rings. The highest BCUT2D eigenvalue weighted by Gasteiger charge is 2.27. The largest absolute Gasteiger partial charge is 0.358 e. The van der Waals surface area contributed by atoms with Gasteiger partial charge in [0, 0.05) is 11.7 Å². The van der Waals surface area contributed by atoms with Crippen molar-refractivity contribution in [3.8, 4) is 0 Å². The first-order valence-electron chi connectivity index (χ1n) is 8.16. The van der Waals surface area contributed by atoms with Gasteiger partial charge in [-0.2, -0.15) is 0 Å². The molecule has 23 heavy (non-hydrogen) atoms. The third-order valence-corrected chi connectivity index (χ3v) is 5.13. The normalized spacial score (nSPS) is 23.7. The number of hydrogen-bond acceptors (Lipinski definition) is 2. The summed E-state index contributed by atoms with van der Waals surface area (Å²) in [6, 6.07) is 8.43.